The van der Waals surface area contributed by atoms with E-state index in [1.165, 1.54) is 6.33 Å². The number of H-pyrrole nitrogens is 1. The topological polar surface area (TPSA) is 79.6 Å². The van der Waals surface area contributed by atoms with Crippen LogP contribution in [0, 0.1) is 0 Å². The normalized spacial score (nSPS) is 11.8. The van der Waals surface area contributed by atoms with Crippen LogP contribution in [0.15, 0.2) is 43.4 Å². The summed E-state index contributed by atoms with van der Waals surface area (Å²) in [6, 6.07) is 0. The molecule has 0 unspecified atom stereocenters. The number of fused-ring (bicyclic) bond motifs is 1. The summed E-state index contributed by atoms with van der Waals surface area (Å²) in [6.07, 6.45) is 9.03. The number of allylic oxidation sites excluding steroid dienone is 2. The van der Waals surface area contributed by atoms with E-state index in [2.05, 4.69) is 32.8 Å². The van der Waals surface area contributed by atoms with Crippen molar-refractivity contribution < 1.29 is 0 Å². The fraction of sp³-hybridized carbons (Fsp3) is 0.143. The van der Waals surface area contributed by atoms with Crippen LogP contribution in [-0.2, 0) is 0 Å². The summed E-state index contributed by atoms with van der Waals surface area (Å²) in [4.78, 5) is 11.3. The third kappa shape index (κ3) is 2.92. The second-order valence-corrected chi connectivity index (χ2v) is 4.87. The number of nitrogen functional groups attached to an aromatic ring is 1. The molecule has 4 N–H and O–H groups in total. The number of hydrogen-bond acceptors (Lipinski definition) is 5. The lowest BCUT2D eigenvalue weighted by molar-refractivity contribution is 1.09. The highest BCUT2D eigenvalue weighted by atomic mass is 32.2. The number of nitrogens with two attached hydrogens (primary N) is 1. The maximum Gasteiger partial charge on any atom is 0.143 e. The second kappa shape index (κ2) is 6.40. The van der Waals surface area contributed by atoms with Crippen molar-refractivity contribution in [3.05, 3.63) is 49.0 Å². The zero-order valence-electron chi connectivity index (χ0n) is 11.3. The Hall–Kier alpha value is -2.05. The van der Waals surface area contributed by atoms with Gasteiger partial charge in [-0.25, -0.2) is 9.97 Å². The monoisotopic (exact) mass is 287 g/mol. The Balaban J connectivity index is 2.42. The van der Waals surface area contributed by atoms with E-state index in [1.807, 2.05) is 18.5 Å². The Morgan fingerprint density at radius 1 is 1.55 bits per heavy atom. The molecule has 0 saturated carbocycles. The third-order valence-corrected chi connectivity index (χ3v) is 3.27. The van der Waals surface area contributed by atoms with Crippen molar-refractivity contribution in [2.75, 3.05) is 18.5 Å². The molecule has 0 aromatic carbocycles. The van der Waals surface area contributed by atoms with Crippen molar-refractivity contribution in [1.29, 1.82) is 0 Å². The molecule has 2 heterocycles. The molecule has 5 nitrogen and oxygen atoms in total. The zero-order chi connectivity index (χ0) is 14.5. The van der Waals surface area contributed by atoms with Gasteiger partial charge in [-0.3, -0.25) is 4.72 Å². The minimum absolute atomic E-state index is 0.451. The fourth-order valence-electron chi connectivity index (χ4n) is 1.90. The van der Waals surface area contributed by atoms with Crippen molar-refractivity contribution in [3.8, 4) is 0 Å². The Morgan fingerprint density at radius 2 is 2.35 bits per heavy atom. The highest BCUT2D eigenvalue weighted by Crippen LogP contribution is 2.28. The first-order chi connectivity index (χ1) is 9.67. The molecule has 0 aliphatic carbocycles. The van der Waals surface area contributed by atoms with Crippen LogP contribution < -0.4 is 10.5 Å². The standard InChI is InChI=1S/C14H17N5S/c1-4-10(5-9(2)6-19-20-3)11-7-16-14-12(11)13(15)17-8-18-14/h4-5,7-8,19H,1-2,6H2,3H3,(H3,15,16,17,18)/b10-5+. The minimum Gasteiger partial charge on any atom is -0.383 e. The van der Waals surface area contributed by atoms with Crippen molar-refractivity contribution >= 4 is 34.4 Å². The van der Waals surface area contributed by atoms with Gasteiger partial charge in [0.2, 0.25) is 0 Å². The van der Waals surface area contributed by atoms with Gasteiger partial charge in [-0.1, -0.05) is 37.3 Å². The Labute approximate surface area is 122 Å². The molecule has 0 spiro atoms. The number of aromatic nitrogens is 3. The van der Waals surface area contributed by atoms with Crippen LogP contribution in [0.3, 0.4) is 0 Å². The van der Waals surface area contributed by atoms with Crippen molar-refractivity contribution in [3.63, 3.8) is 0 Å². The van der Waals surface area contributed by atoms with E-state index in [1.54, 1.807) is 18.0 Å². The molecule has 6 heteroatoms. The molecule has 2 aromatic rings. The minimum atomic E-state index is 0.451. The summed E-state index contributed by atoms with van der Waals surface area (Å²) < 4.78 is 3.15. The molecule has 20 heavy (non-hydrogen) atoms. The Bertz CT molecular complexity index is 671. The SMILES string of the molecule is C=C/C(=C\C(=C)CNSC)c1c[nH]c2ncnc(N)c12. The average Bonchev–Trinajstić information content (AvgIpc) is 2.88. The summed E-state index contributed by atoms with van der Waals surface area (Å²) in [5.41, 5.74) is 9.47. The van der Waals surface area contributed by atoms with Gasteiger partial charge < -0.3 is 10.7 Å². The van der Waals surface area contributed by atoms with Gasteiger partial charge in [0.1, 0.15) is 17.8 Å². The third-order valence-electron chi connectivity index (χ3n) is 2.83. The van der Waals surface area contributed by atoms with E-state index in [0.717, 1.165) is 22.1 Å². The highest BCUT2D eigenvalue weighted by Gasteiger charge is 2.11. The van der Waals surface area contributed by atoms with Crippen molar-refractivity contribution in [2.24, 2.45) is 0 Å². The number of rotatable bonds is 6. The molecular weight excluding hydrogens is 270 g/mol. The van der Waals surface area contributed by atoms with Crippen LogP contribution in [0.5, 0.6) is 0 Å². The van der Waals surface area contributed by atoms with Crippen LogP contribution in [0.2, 0.25) is 0 Å². The van der Waals surface area contributed by atoms with Gasteiger partial charge in [-0.15, -0.1) is 0 Å². The van der Waals surface area contributed by atoms with E-state index in [9.17, 15) is 0 Å². The number of nitrogens with zero attached hydrogens (tertiary/aromatic N) is 2. The second-order valence-electron chi connectivity index (χ2n) is 4.17. The molecule has 2 aromatic heterocycles. The van der Waals surface area contributed by atoms with Gasteiger partial charge in [0.25, 0.3) is 0 Å². The molecule has 0 saturated heterocycles. The van der Waals surface area contributed by atoms with E-state index in [0.29, 0.717) is 18.0 Å². The first-order valence-corrected chi connectivity index (χ1v) is 7.25. The molecule has 0 aliphatic rings. The molecule has 0 radical (unpaired) electrons. The maximum atomic E-state index is 5.93. The van der Waals surface area contributed by atoms with Crippen LogP contribution in [0.1, 0.15) is 5.56 Å². The van der Waals surface area contributed by atoms with Gasteiger partial charge in [0.15, 0.2) is 0 Å². The summed E-state index contributed by atoms with van der Waals surface area (Å²) in [6.45, 7) is 8.58. The predicted molar refractivity (Wildman–Crippen MR) is 87.1 cm³/mol. The molecular formula is C14H17N5S. The highest BCUT2D eigenvalue weighted by molar-refractivity contribution is 7.96. The predicted octanol–water partition coefficient (Wildman–Crippen LogP) is 2.53. The lowest BCUT2D eigenvalue weighted by atomic mass is 10.0. The van der Waals surface area contributed by atoms with Gasteiger partial charge in [0, 0.05) is 18.3 Å². The smallest absolute Gasteiger partial charge is 0.143 e. The quantitative estimate of drug-likeness (QED) is 0.562. The Kier molecular flexibility index (Phi) is 4.60. The largest absolute Gasteiger partial charge is 0.383 e. The van der Waals surface area contributed by atoms with Crippen molar-refractivity contribution in [1.82, 2.24) is 19.7 Å². The van der Waals surface area contributed by atoms with Crippen molar-refractivity contribution in [2.45, 2.75) is 0 Å². The number of anilines is 1. The van der Waals surface area contributed by atoms with Crippen LogP contribution in [0.4, 0.5) is 5.82 Å². The van der Waals surface area contributed by atoms with Gasteiger partial charge in [-0.2, -0.15) is 0 Å². The number of nitrogens with one attached hydrogen (secondary N) is 2. The molecule has 0 amide bonds. The zero-order valence-corrected chi connectivity index (χ0v) is 12.1. The first kappa shape index (κ1) is 14.4. The van der Waals surface area contributed by atoms with E-state index >= 15 is 0 Å². The Morgan fingerprint density at radius 3 is 3.05 bits per heavy atom. The average molecular weight is 287 g/mol. The summed E-state index contributed by atoms with van der Waals surface area (Å²) >= 11 is 1.56. The van der Waals surface area contributed by atoms with Gasteiger partial charge in [-0.05, 0) is 17.4 Å². The van der Waals surface area contributed by atoms with E-state index < -0.39 is 0 Å². The maximum absolute atomic E-state index is 5.93. The summed E-state index contributed by atoms with van der Waals surface area (Å²) in [5, 5.41) is 0.810. The lowest BCUT2D eigenvalue weighted by Gasteiger charge is -2.05. The molecule has 0 fully saturated rings. The van der Waals surface area contributed by atoms with Crippen LogP contribution in [0.25, 0.3) is 16.6 Å². The lowest BCUT2D eigenvalue weighted by Crippen LogP contribution is -2.05. The van der Waals surface area contributed by atoms with Crippen LogP contribution >= 0.6 is 11.9 Å². The molecule has 2 rings (SSSR count). The van der Waals surface area contributed by atoms with Gasteiger partial charge in [0.05, 0.1) is 5.39 Å². The van der Waals surface area contributed by atoms with E-state index in [-0.39, 0.29) is 0 Å². The van der Waals surface area contributed by atoms with E-state index in [4.69, 9.17) is 5.73 Å². The molecule has 0 atom stereocenters. The number of hydrogen-bond donors (Lipinski definition) is 3. The molecule has 0 aliphatic heterocycles. The van der Waals surface area contributed by atoms with Crippen LogP contribution in [-0.4, -0.2) is 27.8 Å². The molecule has 104 valence electrons. The summed E-state index contributed by atoms with van der Waals surface area (Å²) in [7, 11) is 0. The fourth-order valence-corrected chi connectivity index (χ4v) is 2.23. The first-order valence-electron chi connectivity index (χ1n) is 6.03. The summed E-state index contributed by atoms with van der Waals surface area (Å²) in [5.74, 6) is 0.451. The number of aromatic amines is 1. The molecule has 0 bridgehead atoms. The van der Waals surface area contributed by atoms with Gasteiger partial charge >= 0.3 is 0 Å².